The first-order valence-corrected chi connectivity index (χ1v) is 5.96. The normalized spacial score (nSPS) is 12.0. The van der Waals surface area contributed by atoms with Gasteiger partial charge < -0.3 is 10.4 Å². The van der Waals surface area contributed by atoms with Gasteiger partial charge in [0.05, 0.1) is 5.69 Å². The molecule has 0 aliphatic carbocycles. The summed E-state index contributed by atoms with van der Waals surface area (Å²) in [4.78, 5) is 0. The number of rotatable bonds is 7. The van der Waals surface area contributed by atoms with Crippen molar-refractivity contribution in [3.8, 4) is 0 Å². The third-order valence-corrected chi connectivity index (χ3v) is 3.56. The van der Waals surface area contributed by atoms with Crippen LogP contribution in [0.15, 0.2) is 12.3 Å². The fourth-order valence-electron chi connectivity index (χ4n) is 1.81. The summed E-state index contributed by atoms with van der Waals surface area (Å²) in [5, 5.41) is 17.0. The smallest absolute Gasteiger partial charge is 0.0518 e. The van der Waals surface area contributed by atoms with E-state index in [1.54, 1.807) is 6.20 Å². The van der Waals surface area contributed by atoms with Crippen LogP contribution in [0.2, 0.25) is 0 Å². The first kappa shape index (κ1) is 13.2. The van der Waals surface area contributed by atoms with Gasteiger partial charge in [-0.3, -0.25) is 4.68 Å². The van der Waals surface area contributed by atoms with E-state index < -0.39 is 0 Å². The number of hydrogen-bond acceptors (Lipinski definition) is 3. The van der Waals surface area contributed by atoms with Crippen LogP contribution in [0.1, 0.15) is 32.4 Å². The van der Waals surface area contributed by atoms with E-state index in [1.807, 2.05) is 17.8 Å². The van der Waals surface area contributed by atoms with E-state index in [9.17, 15) is 5.11 Å². The Morgan fingerprint density at radius 2 is 2.12 bits per heavy atom. The number of aliphatic hydroxyl groups is 1. The second kappa shape index (κ2) is 6.01. The molecule has 4 heteroatoms. The Kier molecular flexibility index (Phi) is 4.96. The predicted octanol–water partition coefficient (Wildman–Crippen LogP) is 1.31. The van der Waals surface area contributed by atoms with Gasteiger partial charge in [0.2, 0.25) is 0 Å². The summed E-state index contributed by atoms with van der Waals surface area (Å²) in [6.07, 6.45) is 3.80. The van der Waals surface area contributed by atoms with E-state index in [0.29, 0.717) is 0 Å². The van der Waals surface area contributed by atoms with Gasteiger partial charge in [-0.05, 0) is 18.9 Å². The minimum atomic E-state index is 0.0264. The topological polar surface area (TPSA) is 50.1 Å². The molecule has 0 aromatic carbocycles. The summed E-state index contributed by atoms with van der Waals surface area (Å²) < 4.78 is 1.87. The molecule has 2 N–H and O–H groups in total. The third kappa shape index (κ3) is 3.06. The Hall–Kier alpha value is -0.870. The molecule has 0 atom stereocenters. The molecule has 16 heavy (non-hydrogen) atoms. The number of aromatic nitrogens is 2. The van der Waals surface area contributed by atoms with Crippen molar-refractivity contribution in [1.29, 1.82) is 0 Å². The van der Waals surface area contributed by atoms with Crippen LogP contribution in [0.25, 0.3) is 0 Å². The van der Waals surface area contributed by atoms with Crippen molar-refractivity contribution < 1.29 is 5.11 Å². The molecule has 0 aliphatic heterocycles. The maximum Gasteiger partial charge on any atom is 0.0518 e. The van der Waals surface area contributed by atoms with Crippen molar-refractivity contribution in [2.75, 3.05) is 13.2 Å². The van der Waals surface area contributed by atoms with Crippen molar-refractivity contribution in [2.24, 2.45) is 12.5 Å². The van der Waals surface area contributed by atoms with Gasteiger partial charge in [0.1, 0.15) is 0 Å². The number of nitrogens with zero attached hydrogens (tertiary/aromatic N) is 2. The van der Waals surface area contributed by atoms with Gasteiger partial charge in [0.25, 0.3) is 0 Å². The SMILES string of the molecule is CCC(CC)(CO)CNCc1ccnn1C. The minimum Gasteiger partial charge on any atom is -0.396 e. The molecular formula is C12H23N3O. The van der Waals surface area contributed by atoms with Gasteiger partial charge in [0.15, 0.2) is 0 Å². The first-order valence-electron chi connectivity index (χ1n) is 5.96. The summed E-state index contributed by atoms with van der Waals surface area (Å²) in [6.45, 7) is 6.16. The fraction of sp³-hybridized carbons (Fsp3) is 0.750. The second-order valence-electron chi connectivity index (χ2n) is 4.41. The van der Waals surface area contributed by atoms with Gasteiger partial charge in [-0.15, -0.1) is 0 Å². The molecule has 1 aromatic rings. The summed E-state index contributed by atoms with van der Waals surface area (Å²) in [7, 11) is 1.94. The van der Waals surface area contributed by atoms with E-state index in [2.05, 4.69) is 24.3 Å². The van der Waals surface area contributed by atoms with Crippen LogP contribution >= 0.6 is 0 Å². The standard InChI is InChI=1S/C12H23N3O/c1-4-12(5-2,10-16)9-13-8-11-6-7-14-15(11)3/h6-7,13,16H,4-5,8-10H2,1-3H3. The molecule has 0 unspecified atom stereocenters. The van der Waals surface area contributed by atoms with Crippen molar-refractivity contribution in [1.82, 2.24) is 15.1 Å². The van der Waals surface area contributed by atoms with Crippen molar-refractivity contribution in [3.63, 3.8) is 0 Å². The number of aliphatic hydroxyl groups excluding tert-OH is 1. The molecule has 0 spiro atoms. The van der Waals surface area contributed by atoms with Crippen LogP contribution in [0.3, 0.4) is 0 Å². The molecule has 0 aliphatic rings. The summed E-state index contributed by atoms with van der Waals surface area (Å²) >= 11 is 0. The summed E-state index contributed by atoms with van der Waals surface area (Å²) in [5.41, 5.74) is 1.19. The Balaban J connectivity index is 2.42. The van der Waals surface area contributed by atoms with E-state index in [4.69, 9.17) is 0 Å². The zero-order valence-electron chi connectivity index (χ0n) is 10.5. The lowest BCUT2D eigenvalue weighted by Crippen LogP contribution is -2.36. The number of hydrogen-bond donors (Lipinski definition) is 2. The predicted molar refractivity (Wildman–Crippen MR) is 65.0 cm³/mol. The van der Waals surface area contributed by atoms with Crippen LogP contribution in [0, 0.1) is 5.41 Å². The monoisotopic (exact) mass is 225 g/mol. The average Bonchev–Trinajstić information content (AvgIpc) is 2.71. The first-order chi connectivity index (χ1) is 7.67. The van der Waals surface area contributed by atoms with E-state index in [-0.39, 0.29) is 12.0 Å². The highest BCUT2D eigenvalue weighted by molar-refractivity contribution is 4.99. The molecule has 1 aromatic heterocycles. The maximum atomic E-state index is 9.43. The zero-order chi connectivity index (χ0) is 12.0. The fourth-order valence-corrected chi connectivity index (χ4v) is 1.81. The second-order valence-corrected chi connectivity index (χ2v) is 4.41. The lowest BCUT2D eigenvalue weighted by atomic mass is 9.83. The van der Waals surface area contributed by atoms with Crippen LogP contribution in [0.4, 0.5) is 0 Å². The number of nitrogens with one attached hydrogen (secondary N) is 1. The molecule has 0 radical (unpaired) electrons. The highest BCUT2D eigenvalue weighted by atomic mass is 16.3. The summed E-state index contributed by atoms with van der Waals surface area (Å²) in [6, 6.07) is 2.01. The van der Waals surface area contributed by atoms with Gasteiger partial charge in [0, 0.05) is 38.4 Å². The molecule has 4 nitrogen and oxygen atoms in total. The van der Waals surface area contributed by atoms with Crippen LogP contribution in [-0.4, -0.2) is 28.0 Å². The maximum absolute atomic E-state index is 9.43. The van der Waals surface area contributed by atoms with Gasteiger partial charge in [-0.25, -0.2) is 0 Å². The van der Waals surface area contributed by atoms with E-state index in [0.717, 1.165) is 25.9 Å². The highest BCUT2D eigenvalue weighted by Crippen LogP contribution is 2.24. The van der Waals surface area contributed by atoms with Crippen LogP contribution in [-0.2, 0) is 13.6 Å². The minimum absolute atomic E-state index is 0.0264. The lowest BCUT2D eigenvalue weighted by Gasteiger charge is -2.29. The largest absolute Gasteiger partial charge is 0.396 e. The molecule has 92 valence electrons. The lowest BCUT2D eigenvalue weighted by molar-refractivity contribution is 0.113. The molecule has 0 saturated carbocycles. The zero-order valence-corrected chi connectivity index (χ0v) is 10.5. The quantitative estimate of drug-likeness (QED) is 0.735. The van der Waals surface area contributed by atoms with Gasteiger partial charge in [-0.2, -0.15) is 5.10 Å². The molecule has 0 fully saturated rings. The van der Waals surface area contributed by atoms with Crippen molar-refractivity contribution >= 4 is 0 Å². The highest BCUT2D eigenvalue weighted by Gasteiger charge is 2.24. The molecule has 0 amide bonds. The molecule has 0 bridgehead atoms. The van der Waals surface area contributed by atoms with Gasteiger partial charge >= 0.3 is 0 Å². The van der Waals surface area contributed by atoms with Crippen LogP contribution in [0.5, 0.6) is 0 Å². The third-order valence-electron chi connectivity index (χ3n) is 3.56. The molecule has 1 heterocycles. The Labute approximate surface area is 97.7 Å². The molecular weight excluding hydrogens is 202 g/mol. The van der Waals surface area contributed by atoms with Crippen molar-refractivity contribution in [3.05, 3.63) is 18.0 Å². The number of aryl methyl sites for hydroxylation is 1. The van der Waals surface area contributed by atoms with Crippen molar-refractivity contribution in [2.45, 2.75) is 33.2 Å². The Morgan fingerprint density at radius 1 is 1.44 bits per heavy atom. The summed E-state index contributed by atoms with van der Waals surface area (Å²) in [5.74, 6) is 0. The van der Waals surface area contributed by atoms with Crippen LogP contribution < -0.4 is 5.32 Å². The van der Waals surface area contributed by atoms with Gasteiger partial charge in [-0.1, -0.05) is 13.8 Å². The van der Waals surface area contributed by atoms with E-state index >= 15 is 0 Å². The molecule has 1 rings (SSSR count). The Morgan fingerprint density at radius 3 is 2.56 bits per heavy atom. The molecule has 0 saturated heterocycles. The van der Waals surface area contributed by atoms with E-state index in [1.165, 1.54) is 5.69 Å². The average molecular weight is 225 g/mol. The Bertz CT molecular complexity index is 297.